The number of alkyl halides is 3. The quantitative estimate of drug-likeness (QED) is 0.799. The van der Waals surface area contributed by atoms with Gasteiger partial charge in [0.25, 0.3) is 0 Å². The summed E-state index contributed by atoms with van der Waals surface area (Å²) >= 11 is 0. The number of aryl methyl sites for hydroxylation is 1. The van der Waals surface area contributed by atoms with Gasteiger partial charge in [-0.3, -0.25) is 0 Å². The van der Waals surface area contributed by atoms with E-state index in [4.69, 9.17) is 5.11 Å². The Hall–Kier alpha value is -1.10. The number of aliphatic hydroxyl groups excluding tert-OH is 1. The van der Waals surface area contributed by atoms with Crippen molar-refractivity contribution in [1.82, 2.24) is 0 Å². The monoisotopic (exact) mass is 236 g/mol. The Labute approximate surface area is 90.7 Å². The molecular formula is C11H12F4O. The predicted octanol–water partition coefficient (Wildman–Crippen LogP) is 3.16. The van der Waals surface area contributed by atoms with Crippen LogP contribution in [0.25, 0.3) is 0 Å². The lowest BCUT2D eigenvalue weighted by Gasteiger charge is -2.10. The molecule has 1 nitrogen and oxygen atoms in total. The van der Waals surface area contributed by atoms with Gasteiger partial charge >= 0.3 is 6.18 Å². The molecule has 1 aromatic carbocycles. The molecule has 0 aliphatic rings. The fourth-order valence-corrected chi connectivity index (χ4v) is 1.31. The predicted molar refractivity (Wildman–Crippen MR) is 51.4 cm³/mol. The summed E-state index contributed by atoms with van der Waals surface area (Å²) in [5.41, 5.74) is -0.884. The maximum Gasteiger partial charge on any atom is 0.416 e. The maximum atomic E-state index is 13.2. The lowest BCUT2D eigenvalue weighted by Crippen LogP contribution is -2.08. The molecule has 0 amide bonds. The van der Waals surface area contributed by atoms with Crippen LogP contribution in [0.3, 0.4) is 0 Å². The minimum atomic E-state index is -4.46. The Kier molecular flexibility index (Phi) is 3.91. The van der Waals surface area contributed by atoms with Crippen molar-refractivity contribution < 1.29 is 22.7 Å². The highest BCUT2D eigenvalue weighted by Gasteiger charge is 2.30. The molecule has 16 heavy (non-hydrogen) atoms. The Morgan fingerprint density at radius 3 is 2.44 bits per heavy atom. The van der Waals surface area contributed by atoms with Gasteiger partial charge in [-0.1, -0.05) is 0 Å². The fraction of sp³-hybridized carbons (Fsp3) is 0.455. The summed E-state index contributed by atoms with van der Waals surface area (Å²) in [5, 5.41) is 8.99. The fourth-order valence-electron chi connectivity index (χ4n) is 1.31. The van der Waals surface area contributed by atoms with Gasteiger partial charge in [-0.2, -0.15) is 13.2 Å². The van der Waals surface area contributed by atoms with E-state index in [1.54, 1.807) is 0 Å². The minimum absolute atomic E-state index is 0.0178. The lowest BCUT2D eigenvalue weighted by atomic mass is 10.0. The molecule has 0 spiro atoms. The van der Waals surface area contributed by atoms with E-state index in [0.717, 1.165) is 12.1 Å². The van der Waals surface area contributed by atoms with Gasteiger partial charge in [0.2, 0.25) is 0 Å². The first-order valence-electron chi connectivity index (χ1n) is 4.84. The average molecular weight is 236 g/mol. The molecule has 0 saturated carbocycles. The van der Waals surface area contributed by atoms with Crippen molar-refractivity contribution in [3.8, 4) is 0 Å². The van der Waals surface area contributed by atoms with Gasteiger partial charge in [-0.05, 0) is 43.5 Å². The summed E-state index contributed by atoms with van der Waals surface area (Å²) in [6.45, 7) is 1.51. The number of halogens is 4. The molecule has 0 radical (unpaired) electrons. The van der Waals surface area contributed by atoms with Crippen molar-refractivity contribution in [1.29, 1.82) is 0 Å². The van der Waals surface area contributed by atoms with Crippen molar-refractivity contribution in [2.24, 2.45) is 0 Å². The summed E-state index contributed by atoms with van der Waals surface area (Å²) in [6.07, 6.45) is -4.80. The molecular weight excluding hydrogens is 224 g/mol. The highest BCUT2D eigenvalue weighted by molar-refractivity contribution is 5.27. The van der Waals surface area contributed by atoms with E-state index in [0.29, 0.717) is 6.07 Å². The van der Waals surface area contributed by atoms with E-state index in [-0.39, 0.29) is 18.4 Å². The first-order valence-corrected chi connectivity index (χ1v) is 4.84. The second kappa shape index (κ2) is 4.82. The van der Waals surface area contributed by atoms with Crippen LogP contribution in [0.2, 0.25) is 0 Å². The van der Waals surface area contributed by atoms with Crippen LogP contribution in [0.1, 0.15) is 24.5 Å². The third kappa shape index (κ3) is 3.48. The normalized spacial score (nSPS) is 13.9. The molecule has 0 aliphatic carbocycles. The second-order valence-electron chi connectivity index (χ2n) is 3.69. The molecule has 1 N–H and O–H groups in total. The van der Waals surface area contributed by atoms with Gasteiger partial charge in [0.1, 0.15) is 5.82 Å². The van der Waals surface area contributed by atoms with Gasteiger partial charge < -0.3 is 5.11 Å². The van der Waals surface area contributed by atoms with Crippen LogP contribution in [0.4, 0.5) is 17.6 Å². The Morgan fingerprint density at radius 1 is 1.31 bits per heavy atom. The number of rotatable bonds is 3. The van der Waals surface area contributed by atoms with Crippen LogP contribution < -0.4 is 0 Å². The molecule has 1 atom stereocenters. The van der Waals surface area contributed by atoms with E-state index < -0.39 is 23.7 Å². The average Bonchev–Trinajstić information content (AvgIpc) is 2.14. The summed E-state index contributed by atoms with van der Waals surface area (Å²) in [4.78, 5) is 0. The van der Waals surface area contributed by atoms with Gasteiger partial charge in [0.15, 0.2) is 0 Å². The smallest absolute Gasteiger partial charge is 0.393 e. The number of benzene rings is 1. The van der Waals surface area contributed by atoms with E-state index in [2.05, 4.69) is 0 Å². The summed E-state index contributed by atoms with van der Waals surface area (Å²) < 4.78 is 50.1. The zero-order valence-corrected chi connectivity index (χ0v) is 8.68. The van der Waals surface area contributed by atoms with Crippen molar-refractivity contribution in [3.63, 3.8) is 0 Å². The molecule has 1 aromatic rings. The lowest BCUT2D eigenvalue weighted by molar-refractivity contribution is -0.137. The van der Waals surface area contributed by atoms with Crippen LogP contribution >= 0.6 is 0 Å². The number of hydrogen-bond donors (Lipinski definition) is 1. The summed E-state index contributed by atoms with van der Waals surface area (Å²) in [5.74, 6) is -0.673. The molecule has 0 unspecified atom stereocenters. The van der Waals surface area contributed by atoms with Crippen molar-refractivity contribution in [2.45, 2.75) is 32.0 Å². The molecule has 1 rings (SSSR count). The Bertz CT molecular complexity index is 357. The summed E-state index contributed by atoms with van der Waals surface area (Å²) in [7, 11) is 0. The molecule has 0 fully saturated rings. The van der Waals surface area contributed by atoms with Crippen molar-refractivity contribution >= 4 is 0 Å². The van der Waals surface area contributed by atoms with Crippen LogP contribution in [-0.4, -0.2) is 11.2 Å². The second-order valence-corrected chi connectivity index (χ2v) is 3.69. The van der Waals surface area contributed by atoms with Gasteiger partial charge in [-0.15, -0.1) is 0 Å². The van der Waals surface area contributed by atoms with E-state index in [9.17, 15) is 17.6 Å². The zero-order chi connectivity index (χ0) is 12.3. The van der Waals surface area contributed by atoms with Crippen LogP contribution in [-0.2, 0) is 12.6 Å². The third-order valence-electron chi connectivity index (χ3n) is 2.20. The standard InChI is InChI=1S/C11H12F4O/c1-7(16)2-3-8-6-9(11(13,14)15)4-5-10(8)12/h4-7,16H,2-3H2,1H3/t7-/m0/s1. The van der Waals surface area contributed by atoms with Crippen molar-refractivity contribution in [3.05, 3.63) is 35.1 Å². The topological polar surface area (TPSA) is 20.2 Å². The van der Waals surface area contributed by atoms with E-state index in [1.165, 1.54) is 6.92 Å². The molecule has 0 bridgehead atoms. The zero-order valence-electron chi connectivity index (χ0n) is 8.68. The highest BCUT2D eigenvalue weighted by atomic mass is 19.4. The Morgan fingerprint density at radius 2 is 1.94 bits per heavy atom. The van der Waals surface area contributed by atoms with Crippen LogP contribution in [0.5, 0.6) is 0 Å². The molecule has 5 heteroatoms. The summed E-state index contributed by atoms with van der Waals surface area (Å²) in [6, 6.07) is 2.30. The highest BCUT2D eigenvalue weighted by Crippen LogP contribution is 2.30. The maximum absolute atomic E-state index is 13.2. The number of aliphatic hydroxyl groups is 1. The molecule has 0 aromatic heterocycles. The number of hydrogen-bond acceptors (Lipinski definition) is 1. The van der Waals surface area contributed by atoms with Gasteiger partial charge in [0.05, 0.1) is 11.7 Å². The van der Waals surface area contributed by atoms with E-state index in [1.807, 2.05) is 0 Å². The third-order valence-corrected chi connectivity index (χ3v) is 2.20. The largest absolute Gasteiger partial charge is 0.416 e. The SMILES string of the molecule is C[C@H](O)CCc1cc(C(F)(F)F)ccc1F. The van der Waals surface area contributed by atoms with Crippen LogP contribution in [0, 0.1) is 5.82 Å². The van der Waals surface area contributed by atoms with Crippen molar-refractivity contribution in [2.75, 3.05) is 0 Å². The van der Waals surface area contributed by atoms with Gasteiger partial charge in [0, 0.05) is 0 Å². The van der Waals surface area contributed by atoms with E-state index >= 15 is 0 Å². The minimum Gasteiger partial charge on any atom is -0.393 e. The first-order chi connectivity index (χ1) is 7.30. The Balaban J connectivity index is 2.91. The molecule has 90 valence electrons. The van der Waals surface area contributed by atoms with Crippen LogP contribution in [0.15, 0.2) is 18.2 Å². The molecule has 0 saturated heterocycles. The molecule has 0 aliphatic heterocycles. The first kappa shape index (κ1) is 13.0. The van der Waals surface area contributed by atoms with Gasteiger partial charge in [-0.25, -0.2) is 4.39 Å². The molecule has 0 heterocycles.